The van der Waals surface area contributed by atoms with Gasteiger partial charge in [0.2, 0.25) is 0 Å². The van der Waals surface area contributed by atoms with E-state index in [2.05, 4.69) is 59.8 Å². The monoisotopic (exact) mass is 1020 g/mol. The Kier molecular flexibility index (Phi) is 11.2. The van der Waals surface area contributed by atoms with Crippen molar-refractivity contribution in [3.05, 3.63) is 182 Å². The molecule has 6 heterocycles. The van der Waals surface area contributed by atoms with E-state index in [0.717, 1.165) is 152 Å². The summed E-state index contributed by atoms with van der Waals surface area (Å²) >= 11 is 0. The van der Waals surface area contributed by atoms with Crippen LogP contribution in [0.1, 0.15) is 0 Å². The fraction of sp³-hybridized carbons (Fsp3) is 0. The lowest BCUT2D eigenvalue weighted by molar-refractivity contribution is 1.33. The molecule has 0 aliphatic carbocycles. The molecule has 0 radical (unpaired) electrons. The third kappa shape index (κ3) is 9.19. The van der Waals surface area contributed by atoms with Gasteiger partial charge >= 0.3 is 0 Å². The highest BCUT2D eigenvalue weighted by Gasteiger charge is 2.14. The van der Waals surface area contributed by atoms with Gasteiger partial charge in [-0.2, -0.15) is 0 Å². The van der Waals surface area contributed by atoms with Crippen LogP contribution in [0, 0.1) is 0 Å². The van der Waals surface area contributed by atoms with E-state index in [4.69, 9.17) is 34.4 Å². The van der Waals surface area contributed by atoms with Crippen molar-refractivity contribution in [2.75, 3.05) is 34.4 Å². The number of fused-ring (bicyclic) bond motifs is 6. The number of imidazole rings is 6. The number of nitrogen functional groups attached to an aromatic ring is 6. The van der Waals surface area contributed by atoms with E-state index in [1.807, 2.05) is 182 Å². The molecular formula is C60H48N18. The van der Waals surface area contributed by atoms with Crippen LogP contribution in [0.3, 0.4) is 0 Å². The molecule has 0 atom stereocenters. The van der Waals surface area contributed by atoms with E-state index >= 15 is 0 Å². The van der Waals surface area contributed by atoms with Crippen LogP contribution in [-0.4, -0.2) is 59.8 Å². The molecule has 378 valence electrons. The number of hydrogen-bond acceptors (Lipinski definition) is 12. The molecule has 0 spiro atoms. The van der Waals surface area contributed by atoms with E-state index < -0.39 is 0 Å². The Morgan fingerprint density at radius 1 is 0.192 bits per heavy atom. The zero-order valence-electron chi connectivity index (χ0n) is 41.5. The zero-order valence-corrected chi connectivity index (χ0v) is 41.5. The van der Waals surface area contributed by atoms with Crippen LogP contribution in [-0.2, 0) is 0 Å². The molecule has 18 nitrogen and oxygen atoms in total. The topological polar surface area (TPSA) is 328 Å². The van der Waals surface area contributed by atoms with Gasteiger partial charge in [0.25, 0.3) is 0 Å². The lowest BCUT2D eigenvalue weighted by Crippen LogP contribution is -1.84. The Morgan fingerprint density at radius 3 is 0.615 bits per heavy atom. The van der Waals surface area contributed by atoms with Crippen molar-refractivity contribution >= 4 is 100 Å². The highest BCUT2D eigenvalue weighted by molar-refractivity contribution is 5.90. The zero-order chi connectivity index (χ0) is 53.0. The SMILES string of the molecule is Nc1ccc(-c2nc3ccc(-c4nc5ccc(N)cc5[nH]4)cc3[nH]2)cc1.Nc1ccc(-c2nc3ccc(-c4nc5ccc(N)cc5[nH]4)cc3[nH]2)cc1.Nc1ccc(-c2nc3ccc(-c4nc5ccc(N)cc5[nH]4)cc3[nH]2)cc1. The summed E-state index contributed by atoms with van der Waals surface area (Å²) in [4.78, 5) is 48.0. The first-order valence-electron chi connectivity index (χ1n) is 24.8. The number of aromatic amines is 6. The van der Waals surface area contributed by atoms with E-state index in [1.165, 1.54) is 0 Å². The molecule has 0 saturated carbocycles. The summed E-state index contributed by atoms with van der Waals surface area (Å²) in [5.74, 6) is 4.85. The van der Waals surface area contributed by atoms with Gasteiger partial charge in [0, 0.05) is 67.5 Å². The molecule has 0 fully saturated rings. The van der Waals surface area contributed by atoms with Gasteiger partial charge in [0.15, 0.2) is 0 Å². The predicted octanol–water partition coefficient (Wildman–Crippen LogP) is 11.8. The highest BCUT2D eigenvalue weighted by atomic mass is 15.0. The normalized spacial score (nSPS) is 11.4. The lowest BCUT2D eigenvalue weighted by Gasteiger charge is -1.97. The first-order chi connectivity index (χ1) is 38.0. The van der Waals surface area contributed by atoms with Crippen molar-refractivity contribution in [1.82, 2.24) is 59.8 Å². The van der Waals surface area contributed by atoms with Gasteiger partial charge < -0.3 is 64.3 Å². The van der Waals surface area contributed by atoms with Gasteiger partial charge in [-0.1, -0.05) is 0 Å². The van der Waals surface area contributed by atoms with Gasteiger partial charge in [-0.15, -0.1) is 0 Å². The Morgan fingerprint density at radius 2 is 0.372 bits per heavy atom. The maximum atomic E-state index is 5.84. The van der Waals surface area contributed by atoms with Crippen molar-refractivity contribution in [3.8, 4) is 68.3 Å². The maximum Gasteiger partial charge on any atom is 0.138 e. The number of nitrogens with two attached hydrogens (primary N) is 6. The third-order valence-electron chi connectivity index (χ3n) is 13.3. The molecule has 18 N–H and O–H groups in total. The molecule has 15 rings (SSSR count). The number of rotatable bonds is 6. The van der Waals surface area contributed by atoms with Crippen LogP contribution in [0.5, 0.6) is 0 Å². The summed E-state index contributed by atoms with van der Waals surface area (Å²) in [5, 5.41) is 0. The Labute approximate surface area is 443 Å². The Bertz CT molecular complexity index is 4210. The van der Waals surface area contributed by atoms with Crippen molar-refractivity contribution in [2.45, 2.75) is 0 Å². The molecule has 0 aliphatic rings. The number of H-pyrrole nitrogens is 6. The van der Waals surface area contributed by atoms with E-state index in [0.29, 0.717) is 17.1 Å². The molecule has 6 aromatic heterocycles. The molecule has 15 aromatic rings. The number of nitrogens with zero attached hydrogens (tertiary/aromatic N) is 6. The minimum atomic E-state index is 0.713. The van der Waals surface area contributed by atoms with Gasteiger partial charge in [0.1, 0.15) is 34.9 Å². The average Bonchev–Trinajstić information content (AvgIpc) is 4.36. The number of anilines is 6. The van der Waals surface area contributed by atoms with Gasteiger partial charge in [-0.25, -0.2) is 29.9 Å². The third-order valence-corrected chi connectivity index (χ3v) is 13.3. The molecule has 18 heteroatoms. The van der Waals surface area contributed by atoms with Gasteiger partial charge in [0.05, 0.1) is 66.2 Å². The Hall–Kier alpha value is -11.4. The minimum Gasteiger partial charge on any atom is -0.399 e. The van der Waals surface area contributed by atoms with Crippen molar-refractivity contribution < 1.29 is 0 Å². The van der Waals surface area contributed by atoms with Crippen LogP contribution >= 0.6 is 0 Å². The summed E-state index contributed by atoms with van der Waals surface area (Å²) in [7, 11) is 0. The average molecular weight is 1020 g/mol. The highest BCUT2D eigenvalue weighted by Crippen LogP contribution is 2.31. The molecule has 0 unspecified atom stereocenters. The lowest BCUT2D eigenvalue weighted by atomic mass is 10.2. The molecule has 9 aromatic carbocycles. The predicted molar refractivity (Wildman–Crippen MR) is 316 cm³/mol. The van der Waals surface area contributed by atoms with Crippen LogP contribution in [0.15, 0.2) is 182 Å². The first kappa shape index (κ1) is 46.4. The second-order valence-corrected chi connectivity index (χ2v) is 18.9. The van der Waals surface area contributed by atoms with Gasteiger partial charge in [-0.05, 0) is 182 Å². The van der Waals surface area contributed by atoms with Gasteiger partial charge in [-0.3, -0.25) is 0 Å². The molecule has 0 aliphatic heterocycles. The number of aromatic nitrogens is 12. The van der Waals surface area contributed by atoms with Crippen LogP contribution < -0.4 is 34.4 Å². The Balaban J connectivity index is 0.000000111. The second-order valence-electron chi connectivity index (χ2n) is 18.9. The minimum absolute atomic E-state index is 0.713. The summed E-state index contributed by atoms with van der Waals surface area (Å²) < 4.78 is 0. The van der Waals surface area contributed by atoms with Crippen LogP contribution in [0.2, 0.25) is 0 Å². The molecular weight excluding hydrogens is 973 g/mol. The summed E-state index contributed by atoms with van der Waals surface area (Å²) in [6.45, 7) is 0. The second kappa shape index (κ2) is 18.8. The summed E-state index contributed by atoms with van der Waals surface area (Å²) in [6.07, 6.45) is 0. The maximum absolute atomic E-state index is 5.84. The number of nitrogens with one attached hydrogen (secondary N) is 6. The standard InChI is InChI=1S/3C20H16N6/c3*21-13-4-1-11(2-5-13)19-23-15-7-3-12(9-17(15)25-19)20-24-16-8-6-14(22)10-18(16)26-20/h3*1-10H,21-22H2,(H,23,25)(H,24,26). The largest absolute Gasteiger partial charge is 0.399 e. The molecule has 0 amide bonds. The molecule has 0 saturated heterocycles. The van der Waals surface area contributed by atoms with Crippen LogP contribution in [0.25, 0.3) is 135 Å². The summed E-state index contributed by atoms with van der Waals surface area (Å²) in [5.41, 5.74) is 56.1. The van der Waals surface area contributed by atoms with Crippen LogP contribution in [0.4, 0.5) is 34.1 Å². The quantitative estimate of drug-likeness (QED) is 0.0692. The fourth-order valence-electron chi connectivity index (χ4n) is 9.30. The van der Waals surface area contributed by atoms with Crippen molar-refractivity contribution in [2.24, 2.45) is 0 Å². The fourth-order valence-corrected chi connectivity index (χ4v) is 9.30. The first-order valence-corrected chi connectivity index (χ1v) is 24.8. The van der Waals surface area contributed by atoms with Crippen molar-refractivity contribution in [1.29, 1.82) is 0 Å². The van der Waals surface area contributed by atoms with E-state index in [-0.39, 0.29) is 0 Å². The smallest absolute Gasteiger partial charge is 0.138 e. The van der Waals surface area contributed by atoms with Crippen molar-refractivity contribution in [3.63, 3.8) is 0 Å². The molecule has 0 bridgehead atoms. The number of hydrogen-bond donors (Lipinski definition) is 12. The number of benzene rings is 9. The molecule has 78 heavy (non-hydrogen) atoms. The van der Waals surface area contributed by atoms with E-state index in [9.17, 15) is 0 Å². The van der Waals surface area contributed by atoms with E-state index in [1.54, 1.807) is 0 Å². The summed E-state index contributed by atoms with van der Waals surface area (Å²) in [6, 6.07) is 58.1.